The minimum absolute atomic E-state index is 0.115. The number of nitrogens with zero attached hydrogens (tertiary/aromatic N) is 1. The predicted molar refractivity (Wildman–Crippen MR) is 103 cm³/mol. The molecule has 2 aliphatic rings. The minimum atomic E-state index is -0.220. The lowest BCUT2D eigenvalue weighted by molar-refractivity contribution is -0.122. The maximum absolute atomic E-state index is 12.5. The fraction of sp³-hybridized carbons (Fsp3) is 0.316. The number of halogens is 1. The molecule has 0 radical (unpaired) electrons. The molecular weight excluding hydrogens is 354 g/mol. The summed E-state index contributed by atoms with van der Waals surface area (Å²) in [6, 6.07) is 13.9. The highest BCUT2D eigenvalue weighted by molar-refractivity contribution is 8.00. The van der Waals surface area contributed by atoms with Crippen molar-refractivity contribution in [1.82, 2.24) is 5.32 Å². The molecule has 1 aliphatic carbocycles. The van der Waals surface area contributed by atoms with E-state index in [0.29, 0.717) is 17.5 Å². The second-order valence-electron chi connectivity index (χ2n) is 6.59. The van der Waals surface area contributed by atoms with Gasteiger partial charge in [-0.2, -0.15) is 0 Å². The number of benzene rings is 2. The molecule has 1 amide bonds. The van der Waals surface area contributed by atoms with Crippen LogP contribution in [-0.4, -0.2) is 11.4 Å². The van der Waals surface area contributed by atoms with Gasteiger partial charge in [0, 0.05) is 17.4 Å². The maximum atomic E-state index is 12.5. The topological polar surface area (TPSA) is 58.4 Å². The molecule has 0 spiro atoms. The average molecular weight is 374 g/mol. The van der Waals surface area contributed by atoms with Gasteiger partial charge in [-0.15, -0.1) is 0 Å². The number of nitrogens with one attached hydrogen (secondary N) is 1. The van der Waals surface area contributed by atoms with Crippen LogP contribution in [0.25, 0.3) is 0 Å². The third-order valence-electron chi connectivity index (χ3n) is 4.84. The highest BCUT2D eigenvalue weighted by Gasteiger charge is 2.42. The zero-order valence-corrected chi connectivity index (χ0v) is 15.5. The number of anilines is 2. The van der Waals surface area contributed by atoms with Gasteiger partial charge in [-0.25, -0.2) is 0 Å². The Bertz CT molecular complexity index is 828. The largest absolute Gasteiger partial charge is 0.326 e. The van der Waals surface area contributed by atoms with E-state index in [1.165, 1.54) is 0 Å². The van der Waals surface area contributed by atoms with E-state index in [9.17, 15) is 4.79 Å². The van der Waals surface area contributed by atoms with E-state index in [1.54, 1.807) is 11.8 Å². The zero-order valence-electron chi connectivity index (χ0n) is 13.9. The standard InChI is InChI=1S/C19H20ClN3OS/c1-11-9-13(11)18(24)22-19-23(15-7-2-3-8-16(15)25-19)17-12(10-21)5-4-6-14(17)20/h2-8,11,13,19H,9-10,21H2,1H3,(H,22,24). The number of hydrogen-bond donors (Lipinski definition) is 2. The molecule has 1 heterocycles. The number of carbonyl (C=O) groups excluding carboxylic acids is 1. The fourth-order valence-corrected chi connectivity index (χ4v) is 4.77. The summed E-state index contributed by atoms with van der Waals surface area (Å²) in [5.74, 6) is 0.720. The van der Waals surface area contributed by atoms with E-state index < -0.39 is 0 Å². The van der Waals surface area contributed by atoms with E-state index >= 15 is 0 Å². The average Bonchev–Trinajstić information content (AvgIpc) is 3.24. The molecule has 6 heteroatoms. The van der Waals surface area contributed by atoms with Crippen LogP contribution in [0.1, 0.15) is 18.9 Å². The Balaban J connectivity index is 1.74. The number of amides is 1. The van der Waals surface area contributed by atoms with E-state index in [0.717, 1.165) is 28.3 Å². The van der Waals surface area contributed by atoms with E-state index in [1.807, 2.05) is 30.3 Å². The van der Waals surface area contributed by atoms with Gasteiger partial charge < -0.3 is 16.0 Å². The summed E-state index contributed by atoms with van der Waals surface area (Å²) in [5, 5.41) is 3.83. The maximum Gasteiger partial charge on any atom is 0.225 e. The monoisotopic (exact) mass is 373 g/mol. The van der Waals surface area contributed by atoms with E-state index in [4.69, 9.17) is 17.3 Å². The molecule has 4 rings (SSSR count). The first-order valence-corrected chi connectivity index (χ1v) is 9.68. The predicted octanol–water partition coefficient (Wildman–Crippen LogP) is 4.10. The Hall–Kier alpha value is -1.69. The number of carbonyl (C=O) groups is 1. The van der Waals surface area contributed by atoms with Crippen LogP contribution in [0.4, 0.5) is 11.4 Å². The molecule has 0 saturated heterocycles. The van der Waals surface area contributed by atoms with Crippen LogP contribution >= 0.6 is 23.4 Å². The summed E-state index contributed by atoms with van der Waals surface area (Å²) in [6.07, 6.45) is 0.969. The van der Waals surface area contributed by atoms with Gasteiger partial charge in [-0.3, -0.25) is 4.79 Å². The van der Waals surface area contributed by atoms with Crippen molar-refractivity contribution in [2.45, 2.75) is 30.3 Å². The molecule has 1 aliphatic heterocycles. The first kappa shape index (κ1) is 16.8. The minimum Gasteiger partial charge on any atom is -0.326 e. The second-order valence-corrected chi connectivity index (χ2v) is 8.12. The van der Waals surface area contributed by atoms with Crippen molar-refractivity contribution in [3.05, 3.63) is 53.1 Å². The Morgan fingerprint density at radius 1 is 1.32 bits per heavy atom. The number of fused-ring (bicyclic) bond motifs is 1. The zero-order chi connectivity index (χ0) is 17.6. The van der Waals surface area contributed by atoms with Gasteiger partial charge in [0.15, 0.2) is 5.50 Å². The van der Waals surface area contributed by atoms with Crippen molar-refractivity contribution in [2.24, 2.45) is 17.6 Å². The summed E-state index contributed by atoms with van der Waals surface area (Å²) in [7, 11) is 0. The van der Waals surface area contributed by atoms with Crippen molar-refractivity contribution >= 4 is 40.6 Å². The second kappa shape index (κ2) is 6.56. The van der Waals surface area contributed by atoms with Gasteiger partial charge in [0.1, 0.15) is 0 Å². The Labute approximate surface area is 156 Å². The number of hydrogen-bond acceptors (Lipinski definition) is 4. The number of rotatable bonds is 4. The quantitative estimate of drug-likeness (QED) is 0.847. The molecular formula is C19H20ClN3OS. The summed E-state index contributed by atoms with van der Waals surface area (Å²) < 4.78 is 0. The molecule has 4 nitrogen and oxygen atoms in total. The van der Waals surface area contributed by atoms with Crippen LogP contribution in [0, 0.1) is 11.8 Å². The molecule has 3 N–H and O–H groups in total. The number of nitrogens with two attached hydrogens (primary N) is 1. The molecule has 1 fully saturated rings. The van der Waals surface area contributed by atoms with Crippen LogP contribution in [0.2, 0.25) is 5.02 Å². The van der Waals surface area contributed by atoms with Crippen molar-refractivity contribution < 1.29 is 4.79 Å². The lowest BCUT2D eigenvalue weighted by Crippen LogP contribution is -2.42. The molecule has 3 unspecified atom stereocenters. The highest BCUT2D eigenvalue weighted by Crippen LogP contribution is 2.49. The first-order valence-electron chi connectivity index (χ1n) is 8.43. The van der Waals surface area contributed by atoms with Crippen LogP contribution in [0.3, 0.4) is 0 Å². The highest BCUT2D eigenvalue weighted by atomic mass is 35.5. The summed E-state index contributed by atoms with van der Waals surface area (Å²) in [4.78, 5) is 15.8. The summed E-state index contributed by atoms with van der Waals surface area (Å²) >= 11 is 8.17. The molecule has 1 saturated carbocycles. The van der Waals surface area contributed by atoms with Crippen LogP contribution in [-0.2, 0) is 11.3 Å². The Kier molecular flexibility index (Phi) is 4.40. The van der Waals surface area contributed by atoms with Crippen molar-refractivity contribution in [3.8, 4) is 0 Å². The molecule has 0 aromatic heterocycles. The van der Waals surface area contributed by atoms with Crippen molar-refractivity contribution in [3.63, 3.8) is 0 Å². The van der Waals surface area contributed by atoms with E-state index in [-0.39, 0.29) is 17.3 Å². The van der Waals surface area contributed by atoms with Crippen molar-refractivity contribution in [2.75, 3.05) is 4.90 Å². The van der Waals surface area contributed by atoms with Gasteiger partial charge in [0.25, 0.3) is 0 Å². The first-order chi connectivity index (χ1) is 12.1. The van der Waals surface area contributed by atoms with E-state index in [2.05, 4.69) is 29.3 Å². The number of thioether (sulfide) groups is 1. The van der Waals surface area contributed by atoms with Crippen LogP contribution in [0.5, 0.6) is 0 Å². The Morgan fingerprint density at radius 2 is 2.08 bits per heavy atom. The summed E-state index contributed by atoms with van der Waals surface area (Å²) in [5.41, 5.74) is 8.61. The van der Waals surface area contributed by atoms with Crippen LogP contribution in [0.15, 0.2) is 47.4 Å². The molecule has 3 atom stereocenters. The Morgan fingerprint density at radius 3 is 2.80 bits per heavy atom. The van der Waals surface area contributed by atoms with Gasteiger partial charge >= 0.3 is 0 Å². The summed E-state index contributed by atoms with van der Waals surface area (Å²) in [6.45, 7) is 2.50. The molecule has 2 aromatic carbocycles. The van der Waals surface area contributed by atoms with Gasteiger partial charge in [-0.1, -0.05) is 54.6 Å². The molecule has 2 aromatic rings. The lowest BCUT2D eigenvalue weighted by Gasteiger charge is -2.30. The molecule has 25 heavy (non-hydrogen) atoms. The van der Waals surface area contributed by atoms with Crippen LogP contribution < -0.4 is 16.0 Å². The SMILES string of the molecule is CC1CC1C(=O)NC1Sc2ccccc2N1c1c(Cl)cccc1CN. The van der Waals surface area contributed by atoms with Gasteiger partial charge in [-0.05, 0) is 36.1 Å². The van der Waals surface area contributed by atoms with Gasteiger partial charge in [0.2, 0.25) is 5.91 Å². The van der Waals surface area contributed by atoms with Crippen molar-refractivity contribution in [1.29, 1.82) is 0 Å². The third-order valence-corrected chi connectivity index (χ3v) is 6.30. The lowest BCUT2D eigenvalue weighted by atomic mass is 10.1. The fourth-order valence-electron chi connectivity index (χ4n) is 3.30. The third kappa shape index (κ3) is 3.01. The molecule has 130 valence electrons. The normalized spacial score (nSPS) is 24.1. The van der Waals surface area contributed by atoms with Gasteiger partial charge in [0.05, 0.1) is 16.4 Å². The molecule has 0 bridgehead atoms. The smallest absolute Gasteiger partial charge is 0.225 e. The number of para-hydroxylation sites is 2.